The van der Waals surface area contributed by atoms with Crippen molar-refractivity contribution in [2.45, 2.75) is 18.9 Å². The van der Waals surface area contributed by atoms with Crippen LogP contribution in [0.15, 0.2) is 27.4 Å². The highest BCUT2D eigenvalue weighted by molar-refractivity contribution is 6.31. The standard InChI is InChI=1S/C16H20ClN3O3/c1-18(2)15(21)10-19-7-3-4-12(9-19)20-13-8-11(17)5-6-14(13)23-16(20)22/h5-6,8,12H,3-4,7,9-10H2,1-2H3. The van der Waals surface area contributed by atoms with Gasteiger partial charge < -0.3 is 9.32 Å². The molecule has 0 N–H and O–H groups in total. The average molecular weight is 338 g/mol. The van der Waals surface area contributed by atoms with Crippen molar-refractivity contribution < 1.29 is 9.21 Å². The van der Waals surface area contributed by atoms with Crippen molar-refractivity contribution in [1.29, 1.82) is 0 Å². The number of carbonyl (C=O) groups excluding carboxylic acids is 1. The monoisotopic (exact) mass is 337 g/mol. The zero-order valence-electron chi connectivity index (χ0n) is 13.3. The number of hydrogen-bond acceptors (Lipinski definition) is 4. The van der Waals surface area contributed by atoms with E-state index in [1.54, 1.807) is 41.8 Å². The van der Waals surface area contributed by atoms with Crippen LogP contribution in [0.2, 0.25) is 5.02 Å². The van der Waals surface area contributed by atoms with Gasteiger partial charge in [0.05, 0.1) is 18.1 Å². The first-order valence-electron chi connectivity index (χ1n) is 7.69. The Morgan fingerprint density at radius 2 is 2.22 bits per heavy atom. The van der Waals surface area contributed by atoms with E-state index < -0.39 is 0 Å². The molecule has 3 rings (SSSR count). The summed E-state index contributed by atoms with van der Waals surface area (Å²) in [6.45, 7) is 1.89. The van der Waals surface area contributed by atoms with Gasteiger partial charge in [0.25, 0.3) is 0 Å². The van der Waals surface area contributed by atoms with Crippen LogP contribution in [0.1, 0.15) is 18.9 Å². The molecule has 0 aliphatic carbocycles. The molecule has 23 heavy (non-hydrogen) atoms. The van der Waals surface area contributed by atoms with E-state index >= 15 is 0 Å². The molecule has 1 atom stereocenters. The van der Waals surface area contributed by atoms with Gasteiger partial charge in [0.2, 0.25) is 5.91 Å². The molecule has 1 aromatic heterocycles. The van der Waals surface area contributed by atoms with E-state index in [4.69, 9.17) is 16.0 Å². The highest BCUT2D eigenvalue weighted by Gasteiger charge is 2.26. The minimum Gasteiger partial charge on any atom is -0.408 e. The van der Waals surface area contributed by atoms with Gasteiger partial charge in [-0.2, -0.15) is 0 Å². The lowest BCUT2D eigenvalue weighted by Gasteiger charge is -2.33. The number of nitrogens with zero attached hydrogens (tertiary/aromatic N) is 3. The van der Waals surface area contributed by atoms with Gasteiger partial charge in [-0.05, 0) is 37.6 Å². The molecule has 0 saturated carbocycles. The van der Waals surface area contributed by atoms with Crippen molar-refractivity contribution in [3.8, 4) is 0 Å². The largest absolute Gasteiger partial charge is 0.420 e. The summed E-state index contributed by atoms with van der Waals surface area (Å²) in [5.74, 6) is -0.300. The van der Waals surface area contributed by atoms with Crippen LogP contribution < -0.4 is 5.76 Å². The van der Waals surface area contributed by atoms with Crippen LogP contribution in [0.4, 0.5) is 0 Å². The lowest BCUT2D eigenvalue weighted by atomic mass is 10.1. The Bertz CT molecular complexity index is 780. The fourth-order valence-electron chi connectivity index (χ4n) is 3.07. The van der Waals surface area contributed by atoms with Gasteiger partial charge in [0.1, 0.15) is 0 Å². The Balaban J connectivity index is 1.87. The van der Waals surface area contributed by atoms with E-state index in [-0.39, 0.29) is 17.7 Å². The second-order valence-electron chi connectivity index (χ2n) is 6.17. The quantitative estimate of drug-likeness (QED) is 0.859. The van der Waals surface area contributed by atoms with Crippen molar-refractivity contribution in [3.05, 3.63) is 33.8 Å². The number of piperidine rings is 1. The summed E-state index contributed by atoms with van der Waals surface area (Å²) in [5, 5.41) is 0.572. The number of likely N-dealkylation sites (N-methyl/N-ethyl adjacent to an activating group) is 1. The van der Waals surface area contributed by atoms with E-state index in [0.29, 0.717) is 29.2 Å². The zero-order valence-corrected chi connectivity index (χ0v) is 14.0. The average Bonchev–Trinajstić information content (AvgIpc) is 2.82. The van der Waals surface area contributed by atoms with E-state index in [9.17, 15) is 9.59 Å². The molecule has 0 bridgehead atoms. The summed E-state index contributed by atoms with van der Waals surface area (Å²) < 4.78 is 6.99. The minimum absolute atomic E-state index is 0.00840. The number of benzene rings is 1. The van der Waals surface area contributed by atoms with Gasteiger partial charge in [-0.3, -0.25) is 14.3 Å². The first-order chi connectivity index (χ1) is 11.0. The van der Waals surface area contributed by atoms with Crippen LogP contribution in [0.3, 0.4) is 0 Å². The molecular weight excluding hydrogens is 318 g/mol. The number of hydrogen-bond donors (Lipinski definition) is 0. The highest BCUT2D eigenvalue weighted by atomic mass is 35.5. The van der Waals surface area contributed by atoms with Gasteiger partial charge in [-0.25, -0.2) is 4.79 Å². The summed E-state index contributed by atoms with van der Waals surface area (Å²) >= 11 is 6.05. The molecule has 1 unspecified atom stereocenters. The SMILES string of the molecule is CN(C)C(=O)CN1CCCC(n2c(=O)oc3ccc(Cl)cc32)C1. The number of amides is 1. The first-order valence-corrected chi connectivity index (χ1v) is 8.06. The smallest absolute Gasteiger partial charge is 0.408 e. The van der Waals surface area contributed by atoms with E-state index in [0.717, 1.165) is 19.4 Å². The number of halogens is 1. The summed E-state index contributed by atoms with van der Waals surface area (Å²) in [4.78, 5) is 27.8. The fraction of sp³-hybridized carbons (Fsp3) is 0.500. The molecule has 1 aliphatic rings. The Hall–Kier alpha value is -1.79. The number of carbonyl (C=O) groups is 1. The maximum absolute atomic E-state index is 12.2. The van der Waals surface area contributed by atoms with Gasteiger partial charge >= 0.3 is 5.76 Å². The predicted molar refractivity (Wildman–Crippen MR) is 88.9 cm³/mol. The summed E-state index contributed by atoms with van der Waals surface area (Å²) in [6, 6.07) is 5.17. The summed E-state index contributed by atoms with van der Waals surface area (Å²) in [5.41, 5.74) is 1.26. The van der Waals surface area contributed by atoms with Gasteiger partial charge in [-0.15, -0.1) is 0 Å². The number of likely N-dealkylation sites (tertiary alicyclic amines) is 1. The van der Waals surface area contributed by atoms with Gasteiger partial charge in [0.15, 0.2) is 5.58 Å². The minimum atomic E-state index is -0.368. The van der Waals surface area contributed by atoms with Crippen LogP contribution in [-0.2, 0) is 4.79 Å². The Morgan fingerprint density at radius 1 is 1.43 bits per heavy atom. The van der Waals surface area contributed by atoms with Gasteiger partial charge in [-0.1, -0.05) is 11.6 Å². The molecule has 1 aliphatic heterocycles. The molecule has 2 heterocycles. The third-order valence-electron chi connectivity index (χ3n) is 4.28. The van der Waals surface area contributed by atoms with Crippen LogP contribution in [0.25, 0.3) is 11.1 Å². The lowest BCUT2D eigenvalue weighted by Crippen LogP contribution is -2.43. The maximum Gasteiger partial charge on any atom is 0.420 e. The fourth-order valence-corrected chi connectivity index (χ4v) is 3.24. The van der Waals surface area contributed by atoms with Crippen LogP contribution in [-0.4, -0.2) is 54.0 Å². The van der Waals surface area contributed by atoms with E-state index in [1.165, 1.54) is 0 Å². The normalized spacial score (nSPS) is 19.2. The third kappa shape index (κ3) is 3.28. The summed E-state index contributed by atoms with van der Waals surface area (Å²) in [7, 11) is 3.50. The number of oxazole rings is 1. The van der Waals surface area contributed by atoms with Crippen LogP contribution in [0, 0.1) is 0 Å². The molecule has 6 nitrogen and oxygen atoms in total. The zero-order chi connectivity index (χ0) is 16.6. The first kappa shape index (κ1) is 16.1. The molecular formula is C16H20ClN3O3. The second kappa shape index (κ2) is 6.37. The van der Waals surface area contributed by atoms with Crippen LogP contribution in [0.5, 0.6) is 0 Å². The number of aromatic nitrogens is 1. The molecule has 0 spiro atoms. The number of rotatable bonds is 3. The topological polar surface area (TPSA) is 58.7 Å². The lowest BCUT2D eigenvalue weighted by molar-refractivity contribution is -0.130. The molecule has 1 saturated heterocycles. The third-order valence-corrected chi connectivity index (χ3v) is 4.51. The Morgan fingerprint density at radius 3 is 2.96 bits per heavy atom. The maximum atomic E-state index is 12.2. The van der Waals surface area contributed by atoms with Gasteiger partial charge in [0, 0.05) is 25.7 Å². The van der Waals surface area contributed by atoms with Crippen molar-refractivity contribution >= 4 is 28.6 Å². The molecule has 2 aromatic rings. The molecule has 1 fully saturated rings. The molecule has 0 radical (unpaired) electrons. The molecule has 124 valence electrons. The highest BCUT2D eigenvalue weighted by Crippen LogP contribution is 2.26. The second-order valence-corrected chi connectivity index (χ2v) is 6.61. The van der Waals surface area contributed by atoms with Crippen LogP contribution >= 0.6 is 11.6 Å². The number of fused-ring (bicyclic) bond motifs is 1. The molecule has 7 heteroatoms. The van der Waals surface area contributed by atoms with Crippen molar-refractivity contribution in [2.24, 2.45) is 0 Å². The summed E-state index contributed by atoms with van der Waals surface area (Å²) in [6.07, 6.45) is 1.82. The molecule has 1 amide bonds. The predicted octanol–water partition coefficient (Wildman–Crippen LogP) is 1.97. The van der Waals surface area contributed by atoms with E-state index in [1.807, 2.05) is 0 Å². The van der Waals surface area contributed by atoms with Crippen molar-refractivity contribution in [3.63, 3.8) is 0 Å². The molecule has 1 aromatic carbocycles. The van der Waals surface area contributed by atoms with Crippen molar-refractivity contribution in [2.75, 3.05) is 33.7 Å². The Kier molecular flexibility index (Phi) is 4.46. The Labute approximate surface area is 139 Å². The van der Waals surface area contributed by atoms with E-state index in [2.05, 4.69) is 4.90 Å². The van der Waals surface area contributed by atoms with Crippen molar-refractivity contribution in [1.82, 2.24) is 14.4 Å².